The molecule has 1 aromatic rings. The molecule has 4 nitrogen and oxygen atoms in total. The molecule has 2 unspecified atom stereocenters. The van der Waals surface area contributed by atoms with Crippen LogP contribution in [0.2, 0.25) is 0 Å². The van der Waals surface area contributed by atoms with Gasteiger partial charge in [0.1, 0.15) is 5.82 Å². The fraction of sp³-hybridized carbons (Fsp3) is 0.364. The Hall–Kier alpha value is -1.27. The summed E-state index contributed by atoms with van der Waals surface area (Å²) in [5.41, 5.74) is 10.8. The lowest BCUT2D eigenvalue weighted by atomic mass is 10.1. The van der Waals surface area contributed by atoms with Crippen molar-refractivity contribution in [2.24, 2.45) is 11.5 Å². The van der Waals surface area contributed by atoms with Gasteiger partial charge in [-0.25, -0.2) is 4.39 Å². The van der Waals surface area contributed by atoms with Gasteiger partial charge in [0, 0.05) is 33.7 Å². The predicted molar refractivity (Wildman–Crippen MR) is 65.3 cm³/mol. The largest absolute Gasteiger partial charge is 0.366 e. The zero-order valence-corrected chi connectivity index (χ0v) is 10.3. The first-order valence-corrected chi connectivity index (χ1v) is 6.49. The SMILES string of the molecule is CC(CN)S(=O)Cc1ccc(C(N)=O)cc1F. The Balaban J connectivity index is 2.86. The summed E-state index contributed by atoms with van der Waals surface area (Å²) in [6.07, 6.45) is 0. The molecule has 0 fully saturated rings. The predicted octanol–water partition coefficient (Wildman–Crippen LogP) is 0.521. The third kappa shape index (κ3) is 3.61. The molecule has 0 aromatic heterocycles. The van der Waals surface area contributed by atoms with Gasteiger partial charge < -0.3 is 11.5 Å². The Morgan fingerprint density at radius 2 is 2.18 bits per heavy atom. The maximum atomic E-state index is 13.6. The standard InChI is InChI=1S/C11H15FN2O2S/c1-7(5-13)17(16)6-9-3-2-8(11(14)15)4-10(9)12/h2-4,7H,5-6,13H2,1H3,(H2,14,15). The highest BCUT2D eigenvalue weighted by Gasteiger charge is 2.13. The molecule has 1 aromatic carbocycles. The van der Waals surface area contributed by atoms with Gasteiger partial charge in [-0.1, -0.05) is 6.07 Å². The number of rotatable bonds is 5. The Morgan fingerprint density at radius 3 is 2.65 bits per heavy atom. The zero-order valence-electron chi connectivity index (χ0n) is 9.48. The lowest BCUT2D eigenvalue weighted by molar-refractivity contribution is 0.1000. The summed E-state index contributed by atoms with van der Waals surface area (Å²) in [6, 6.07) is 3.91. The molecular weight excluding hydrogens is 243 g/mol. The number of primary amides is 1. The number of carbonyl (C=O) groups is 1. The van der Waals surface area contributed by atoms with Gasteiger partial charge in [0.25, 0.3) is 0 Å². The topological polar surface area (TPSA) is 86.2 Å². The van der Waals surface area contributed by atoms with E-state index in [0.717, 1.165) is 6.07 Å². The molecule has 6 heteroatoms. The lowest BCUT2D eigenvalue weighted by Gasteiger charge is -2.09. The van der Waals surface area contributed by atoms with Crippen molar-refractivity contribution in [2.45, 2.75) is 17.9 Å². The van der Waals surface area contributed by atoms with E-state index < -0.39 is 22.5 Å². The molecule has 0 saturated heterocycles. The minimum Gasteiger partial charge on any atom is -0.366 e. The maximum absolute atomic E-state index is 13.6. The highest BCUT2D eigenvalue weighted by molar-refractivity contribution is 7.84. The normalized spacial score (nSPS) is 14.3. The average Bonchev–Trinajstić information content (AvgIpc) is 2.30. The van der Waals surface area contributed by atoms with E-state index in [4.69, 9.17) is 11.5 Å². The molecule has 4 N–H and O–H groups in total. The fourth-order valence-corrected chi connectivity index (χ4v) is 2.26. The average molecular weight is 258 g/mol. The van der Waals surface area contributed by atoms with Crippen molar-refractivity contribution in [3.63, 3.8) is 0 Å². The quantitative estimate of drug-likeness (QED) is 0.807. The molecule has 2 atom stereocenters. The van der Waals surface area contributed by atoms with E-state index in [1.807, 2.05) is 0 Å². The van der Waals surface area contributed by atoms with Gasteiger partial charge in [-0.15, -0.1) is 0 Å². The van der Waals surface area contributed by atoms with E-state index in [1.54, 1.807) is 6.92 Å². The molecule has 0 saturated carbocycles. The molecule has 0 aliphatic heterocycles. The first-order chi connectivity index (χ1) is 7.95. The van der Waals surface area contributed by atoms with Crippen molar-refractivity contribution in [3.05, 3.63) is 35.1 Å². The Morgan fingerprint density at radius 1 is 1.53 bits per heavy atom. The second-order valence-corrected chi connectivity index (χ2v) is 5.60. The molecule has 0 radical (unpaired) electrons. The van der Waals surface area contributed by atoms with Crippen molar-refractivity contribution in [1.82, 2.24) is 0 Å². The summed E-state index contributed by atoms with van der Waals surface area (Å²) in [7, 11) is -1.22. The van der Waals surface area contributed by atoms with E-state index in [0.29, 0.717) is 5.56 Å². The van der Waals surface area contributed by atoms with Crippen molar-refractivity contribution in [2.75, 3.05) is 6.54 Å². The summed E-state index contributed by atoms with van der Waals surface area (Å²) in [4.78, 5) is 10.8. The van der Waals surface area contributed by atoms with E-state index in [9.17, 15) is 13.4 Å². The fourth-order valence-electron chi connectivity index (χ4n) is 1.22. The van der Waals surface area contributed by atoms with Crippen LogP contribution in [-0.2, 0) is 16.6 Å². The van der Waals surface area contributed by atoms with Gasteiger partial charge in [-0.2, -0.15) is 0 Å². The molecule has 1 amide bonds. The van der Waals surface area contributed by atoms with E-state index >= 15 is 0 Å². The number of hydrogen-bond donors (Lipinski definition) is 2. The van der Waals surface area contributed by atoms with Crippen LogP contribution in [-0.4, -0.2) is 21.9 Å². The minimum absolute atomic E-state index is 0.0865. The van der Waals surface area contributed by atoms with Gasteiger partial charge >= 0.3 is 0 Å². The number of nitrogens with two attached hydrogens (primary N) is 2. The molecule has 94 valence electrons. The summed E-state index contributed by atoms with van der Waals surface area (Å²) in [5, 5.41) is -0.190. The number of halogens is 1. The van der Waals surface area contributed by atoms with Gasteiger partial charge in [0.2, 0.25) is 5.91 Å². The smallest absolute Gasteiger partial charge is 0.248 e. The molecule has 1 rings (SSSR count). The van der Waals surface area contributed by atoms with E-state index in [-0.39, 0.29) is 23.1 Å². The number of hydrogen-bond acceptors (Lipinski definition) is 3. The molecule has 0 aliphatic rings. The lowest BCUT2D eigenvalue weighted by Crippen LogP contribution is -2.23. The summed E-state index contributed by atoms with van der Waals surface area (Å²) in [6.45, 7) is 2.03. The van der Waals surface area contributed by atoms with Crippen LogP contribution in [0.15, 0.2) is 18.2 Å². The Bertz CT molecular complexity index is 451. The molecule has 0 bridgehead atoms. The van der Waals surface area contributed by atoms with Crippen LogP contribution < -0.4 is 11.5 Å². The highest BCUT2D eigenvalue weighted by atomic mass is 32.2. The highest BCUT2D eigenvalue weighted by Crippen LogP contribution is 2.13. The van der Waals surface area contributed by atoms with Crippen molar-refractivity contribution in [1.29, 1.82) is 0 Å². The van der Waals surface area contributed by atoms with Crippen LogP contribution in [0, 0.1) is 5.82 Å². The van der Waals surface area contributed by atoms with Crippen molar-refractivity contribution >= 4 is 16.7 Å². The second-order valence-electron chi connectivity index (χ2n) is 3.74. The van der Waals surface area contributed by atoms with Crippen molar-refractivity contribution < 1.29 is 13.4 Å². The van der Waals surface area contributed by atoms with Crippen LogP contribution in [0.5, 0.6) is 0 Å². The molecule has 0 heterocycles. The zero-order chi connectivity index (χ0) is 13.0. The Labute approximate surface area is 102 Å². The maximum Gasteiger partial charge on any atom is 0.248 e. The second kappa shape index (κ2) is 5.88. The van der Waals surface area contributed by atoms with Crippen LogP contribution in [0.25, 0.3) is 0 Å². The number of benzene rings is 1. The van der Waals surface area contributed by atoms with Crippen LogP contribution in [0.1, 0.15) is 22.8 Å². The van der Waals surface area contributed by atoms with Crippen molar-refractivity contribution in [3.8, 4) is 0 Å². The summed E-state index contributed by atoms with van der Waals surface area (Å²) >= 11 is 0. The van der Waals surface area contributed by atoms with Crippen LogP contribution >= 0.6 is 0 Å². The summed E-state index contributed by atoms with van der Waals surface area (Å²) < 4.78 is 25.3. The number of carbonyl (C=O) groups excluding carboxylic acids is 1. The molecular formula is C11H15FN2O2S. The van der Waals surface area contributed by atoms with Crippen LogP contribution in [0.4, 0.5) is 4.39 Å². The number of amides is 1. The van der Waals surface area contributed by atoms with Gasteiger partial charge in [-0.3, -0.25) is 9.00 Å². The molecule has 0 spiro atoms. The summed E-state index contributed by atoms with van der Waals surface area (Å²) in [5.74, 6) is -1.17. The first-order valence-electron chi connectivity index (χ1n) is 5.11. The first kappa shape index (κ1) is 13.8. The monoisotopic (exact) mass is 258 g/mol. The molecule has 17 heavy (non-hydrogen) atoms. The molecule has 0 aliphatic carbocycles. The Kier molecular flexibility index (Phi) is 4.77. The van der Waals surface area contributed by atoms with E-state index in [2.05, 4.69) is 0 Å². The third-order valence-corrected chi connectivity index (χ3v) is 4.10. The minimum atomic E-state index is -1.22. The van der Waals surface area contributed by atoms with Gasteiger partial charge in [0.15, 0.2) is 0 Å². The van der Waals surface area contributed by atoms with Gasteiger partial charge in [0.05, 0.1) is 5.75 Å². The van der Waals surface area contributed by atoms with Gasteiger partial charge in [-0.05, 0) is 19.1 Å². The third-order valence-electron chi connectivity index (χ3n) is 2.42. The van der Waals surface area contributed by atoms with E-state index in [1.165, 1.54) is 12.1 Å². The van der Waals surface area contributed by atoms with Crippen LogP contribution in [0.3, 0.4) is 0 Å².